The monoisotopic (exact) mass is 508 g/mol. The highest BCUT2D eigenvalue weighted by atomic mass is 16.7. The predicted octanol–water partition coefficient (Wildman–Crippen LogP) is 6.31. The van der Waals surface area contributed by atoms with Crippen molar-refractivity contribution in [2.24, 2.45) is 21.4 Å². The Kier molecular flexibility index (Phi) is 5.31. The maximum atomic E-state index is 13.9. The molecule has 2 aliphatic carbocycles. The summed E-state index contributed by atoms with van der Waals surface area (Å²) < 4.78 is 5.26. The molecule has 1 N–H and O–H groups in total. The van der Waals surface area contributed by atoms with Crippen molar-refractivity contribution < 1.29 is 18.8 Å². The maximum Gasteiger partial charge on any atom is 0.373 e. The summed E-state index contributed by atoms with van der Waals surface area (Å²) in [6, 6.07) is 22.2. The second-order valence-electron chi connectivity index (χ2n) is 11.1. The van der Waals surface area contributed by atoms with Gasteiger partial charge in [0.05, 0.1) is 11.1 Å². The van der Waals surface area contributed by atoms with Gasteiger partial charge in [-0.05, 0) is 41.8 Å². The summed E-state index contributed by atoms with van der Waals surface area (Å²) in [5, 5.41) is 10.1. The number of hydrogen-bond donors (Lipinski definition) is 1. The lowest BCUT2D eigenvalue weighted by Crippen LogP contribution is -2.43. The van der Waals surface area contributed by atoms with Crippen molar-refractivity contribution in [2.75, 3.05) is 5.32 Å². The van der Waals surface area contributed by atoms with Crippen LogP contribution < -0.4 is 10.9 Å². The van der Waals surface area contributed by atoms with Crippen molar-refractivity contribution in [2.45, 2.75) is 40.0 Å². The zero-order chi connectivity index (χ0) is 26.7. The minimum Gasteiger partial charge on any atom is -0.422 e. The first-order valence-electron chi connectivity index (χ1n) is 12.8. The molecule has 6 rings (SSSR count). The first kappa shape index (κ1) is 24.1. The van der Waals surface area contributed by atoms with Gasteiger partial charge in [-0.1, -0.05) is 80.5 Å². The van der Waals surface area contributed by atoms with Crippen molar-refractivity contribution >= 4 is 45.0 Å². The van der Waals surface area contributed by atoms with E-state index in [0.717, 1.165) is 22.9 Å². The van der Waals surface area contributed by atoms with Crippen molar-refractivity contribution in [3.05, 3.63) is 88.8 Å². The predicted molar refractivity (Wildman–Crippen MR) is 146 cm³/mol. The van der Waals surface area contributed by atoms with Crippen LogP contribution in [0.4, 0.5) is 5.69 Å². The van der Waals surface area contributed by atoms with Crippen LogP contribution in [0.25, 0.3) is 21.7 Å². The van der Waals surface area contributed by atoms with E-state index in [4.69, 9.17) is 9.25 Å². The Labute approximate surface area is 219 Å². The fraction of sp³-hybridized carbons (Fsp3) is 0.290. The maximum absolute atomic E-state index is 13.9. The number of nitrogens with one attached hydrogen (secondary N) is 1. The summed E-state index contributed by atoms with van der Waals surface area (Å²) in [4.78, 5) is 44.5. The molecule has 1 aromatic heterocycles. The Hall–Kier alpha value is -4.26. The lowest BCUT2D eigenvalue weighted by molar-refractivity contribution is -0.130. The molecule has 0 saturated heterocycles. The van der Waals surface area contributed by atoms with Gasteiger partial charge in [0.1, 0.15) is 11.1 Å². The van der Waals surface area contributed by atoms with Gasteiger partial charge in [0.25, 0.3) is 0 Å². The Morgan fingerprint density at radius 1 is 0.921 bits per heavy atom. The van der Waals surface area contributed by atoms with Gasteiger partial charge in [0.2, 0.25) is 5.91 Å². The number of para-hydroxylation sites is 1. The third kappa shape index (κ3) is 3.34. The summed E-state index contributed by atoms with van der Waals surface area (Å²) >= 11 is 0. The van der Waals surface area contributed by atoms with E-state index in [1.165, 1.54) is 6.07 Å². The van der Waals surface area contributed by atoms with Crippen molar-refractivity contribution in [1.29, 1.82) is 0 Å². The Morgan fingerprint density at radius 3 is 2.45 bits per heavy atom. The highest BCUT2D eigenvalue weighted by Crippen LogP contribution is 2.71. The highest BCUT2D eigenvalue weighted by Gasteiger charge is 2.71. The van der Waals surface area contributed by atoms with Crippen molar-refractivity contribution in [3.63, 3.8) is 0 Å². The molecule has 1 amide bonds. The SMILES string of the molecule is CC12CCC(C(=O)Nc3cccc4ccccc34)(C/C1=N\OC(=O)c1cc3ccccc3oc1=O)C2(C)C. The van der Waals surface area contributed by atoms with Crippen LogP contribution in [-0.2, 0) is 9.63 Å². The van der Waals surface area contributed by atoms with E-state index in [2.05, 4.69) is 31.2 Å². The summed E-state index contributed by atoms with van der Waals surface area (Å²) in [5.41, 5.74) is -0.789. The molecule has 0 radical (unpaired) electrons. The lowest BCUT2D eigenvalue weighted by atomic mass is 9.64. The van der Waals surface area contributed by atoms with E-state index >= 15 is 0 Å². The van der Waals surface area contributed by atoms with Gasteiger partial charge < -0.3 is 14.6 Å². The zero-order valence-corrected chi connectivity index (χ0v) is 21.5. The summed E-state index contributed by atoms with van der Waals surface area (Å²) in [7, 11) is 0. The molecule has 2 atom stereocenters. The number of fused-ring (bicyclic) bond motifs is 4. The number of nitrogens with zero attached hydrogens (tertiary/aromatic N) is 1. The van der Waals surface area contributed by atoms with Crippen molar-refractivity contribution in [1.82, 2.24) is 0 Å². The second kappa shape index (κ2) is 8.38. The first-order valence-corrected chi connectivity index (χ1v) is 12.8. The Balaban J connectivity index is 1.29. The van der Waals surface area contributed by atoms with Gasteiger partial charge in [-0.15, -0.1) is 0 Å². The molecule has 2 unspecified atom stereocenters. The molecule has 1 heterocycles. The molecular weight excluding hydrogens is 480 g/mol. The molecular formula is C31H28N2O5. The largest absolute Gasteiger partial charge is 0.422 e. The van der Waals surface area contributed by atoms with Crippen LogP contribution in [0.15, 0.2) is 87.2 Å². The molecule has 2 bridgehead atoms. The average molecular weight is 509 g/mol. The fourth-order valence-corrected chi connectivity index (χ4v) is 6.45. The van der Waals surface area contributed by atoms with Gasteiger partial charge in [-0.2, -0.15) is 0 Å². The number of rotatable bonds is 4. The minimum absolute atomic E-state index is 0.0609. The number of benzene rings is 3. The number of oxime groups is 1. The van der Waals surface area contributed by atoms with Gasteiger partial charge in [0.15, 0.2) is 0 Å². The topological polar surface area (TPSA) is 98.0 Å². The number of amides is 1. The van der Waals surface area contributed by atoms with Crippen LogP contribution >= 0.6 is 0 Å². The van der Waals surface area contributed by atoms with E-state index in [9.17, 15) is 14.4 Å². The number of carbonyl (C=O) groups is 2. The third-order valence-electron chi connectivity index (χ3n) is 9.31. The van der Waals surface area contributed by atoms with Crippen molar-refractivity contribution in [3.8, 4) is 0 Å². The van der Waals surface area contributed by atoms with Gasteiger partial charge in [-0.3, -0.25) is 4.79 Å². The lowest BCUT2D eigenvalue weighted by Gasteiger charge is -2.39. The molecule has 192 valence electrons. The molecule has 2 aliphatic rings. The smallest absolute Gasteiger partial charge is 0.373 e. The molecule has 7 heteroatoms. The summed E-state index contributed by atoms with van der Waals surface area (Å²) in [5.74, 6) is -0.940. The molecule has 0 aliphatic heterocycles. The van der Waals surface area contributed by atoms with E-state index in [1.807, 2.05) is 42.5 Å². The molecule has 2 fully saturated rings. The molecule has 2 saturated carbocycles. The van der Waals surface area contributed by atoms with Crippen LogP contribution in [0, 0.1) is 16.2 Å². The van der Waals surface area contributed by atoms with Crippen LogP contribution in [-0.4, -0.2) is 17.6 Å². The molecule has 3 aromatic carbocycles. The normalized spacial score (nSPS) is 24.7. The molecule has 4 aromatic rings. The standard InChI is InChI=1S/C31H28N2O5/c1-29(2)30(3)15-16-31(29,28(36)32-23-13-8-11-19-9-4-6-12-21(19)23)18-25(30)33-38-27(35)22-17-20-10-5-7-14-24(20)37-26(22)34/h4-14,17H,15-16,18H2,1-3H3,(H,32,36)/b33-25+. The molecule has 7 nitrogen and oxygen atoms in total. The van der Waals surface area contributed by atoms with Gasteiger partial charge >= 0.3 is 11.6 Å². The fourth-order valence-electron chi connectivity index (χ4n) is 6.45. The molecule has 38 heavy (non-hydrogen) atoms. The Bertz CT molecular complexity index is 1710. The summed E-state index contributed by atoms with van der Waals surface area (Å²) in [6.45, 7) is 6.25. The zero-order valence-electron chi connectivity index (χ0n) is 21.5. The van der Waals surface area contributed by atoms with Gasteiger partial charge in [-0.25, -0.2) is 9.59 Å². The van der Waals surface area contributed by atoms with E-state index < -0.39 is 27.8 Å². The van der Waals surface area contributed by atoms with Crippen LogP contribution in [0.1, 0.15) is 50.4 Å². The van der Waals surface area contributed by atoms with Crippen LogP contribution in [0.2, 0.25) is 0 Å². The average Bonchev–Trinajstić information content (AvgIpc) is 3.22. The highest BCUT2D eigenvalue weighted by molar-refractivity contribution is 6.09. The third-order valence-corrected chi connectivity index (χ3v) is 9.31. The second-order valence-corrected chi connectivity index (χ2v) is 11.1. The molecule has 0 spiro atoms. The van der Waals surface area contributed by atoms with Crippen LogP contribution in [0.3, 0.4) is 0 Å². The Morgan fingerprint density at radius 2 is 1.63 bits per heavy atom. The van der Waals surface area contributed by atoms with E-state index in [-0.39, 0.29) is 11.5 Å². The number of carbonyl (C=O) groups excluding carboxylic acids is 2. The number of anilines is 1. The van der Waals surface area contributed by atoms with Gasteiger partial charge in [0, 0.05) is 28.3 Å². The van der Waals surface area contributed by atoms with E-state index in [1.54, 1.807) is 24.3 Å². The van der Waals surface area contributed by atoms with E-state index in [0.29, 0.717) is 29.5 Å². The summed E-state index contributed by atoms with van der Waals surface area (Å²) in [6.07, 6.45) is 1.80. The first-order chi connectivity index (χ1) is 18.2. The van der Waals surface area contributed by atoms with Crippen LogP contribution in [0.5, 0.6) is 0 Å². The quantitative estimate of drug-likeness (QED) is 0.198. The number of hydrogen-bond acceptors (Lipinski definition) is 6. The minimum atomic E-state index is -0.879.